The summed E-state index contributed by atoms with van der Waals surface area (Å²) in [5, 5.41) is 2.71. The summed E-state index contributed by atoms with van der Waals surface area (Å²) in [6, 6.07) is 9.12. The summed E-state index contributed by atoms with van der Waals surface area (Å²) in [6.07, 6.45) is 4.78. The van der Waals surface area contributed by atoms with Crippen molar-refractivity contribution in [3.8, 4) is 5.75 Å². The fourth-order valence-corrected chi connectivity index (χ4v) is 2.34. The van der Waals surface area contributed by atoms with E-state index in [1.807, 2.05) is 29.1 Å². The first-order valence-corrected chi connectivity index (χ1v) is 7.23. The second kappa shape index (κ2) is 5.97. The topological polar surface area (TPSA) is 59.3 Å². The molecule has 3 rings (SSSR count). The van der Waals surface area contributed by atoms with Crippen molar-refractivity contribution in [2.45, 2.75) is 19.9 Å². The number of anilines is 1. The normalized spacial score (nSPS) is 13.0. The molecule has 0 bridgehead atoms. The fourth-order valence-electron chi connectivity index (χ4n) is 2.34. The Morgan fingerprint density at radius 2 is 2.05 bits per heavy atom. The third kappa shape index (κ3) is 2.98. The SMILES string of the molecule is CCc1cc[n+](CC(=O)c2ccc3c(c2)NC(=O)CO3)cc1. The first-order valence-electron chi connectivity index (χ1n) is 7.23. The number of ketones is 1. The van der Waals surface area contributed by atoms with Gasteiger partial charge in [-0.25, -0.2) is 0 Å². The molecule has 1 aromatic heterocycles. The number of hydrogen-bond donors (Lipinski definition) is 1. The lowest BCUT2D eigenvalue weighted by Gasteiger charge is -2.18. The number of rotatable bonds is 4. The number of aryl methyl sites for hydroxylation is 1. The number of nitrogens with zero attached hydrogens (tertiary/aromatic N) is 1. The van der Waals surface area contributed by atoms with Gasteiger partial charge in [0.1, 0.15) is 5.75 Å². The molecule has 0 saturated heterocycles. The Morgan fingerprint density at radius 1 is 1.27 bits per heavy atom. The molecule has 1 N–H and O–H groups in total. The minimum Gasteiger partial charge on any atom is -0.482 e. The quantitative estimate of drug-likeness (QED) is 0.691. The van der Waals surface area contributed by atoms with Gasteiger partial charge in [-0.2, -0.15) is 4.57 Å². The van der Waals surface area contributed by atoms with Gasteiger partial charge in [0.25, 0.3) is 5.91 Å². The molecule has 0 spiro atoms. The van der Waals surface area contributed by atoms with Crippen molar-refractivity contribution < 1.29 is 18.9 Å². The predicted octanol–water partition coefficient (Wildman–Crippen LogP) is 1.75. The van der Waals surface area contributed by atoms with Crippen LogP contribution in [0.5, 0.6) is 5.75 Å². The Kier molecular flexibility index (Phi) is 3.87. The lowest BCUT2D eigenvalue weighted by molar-refractivity contribution is -0.683. The van der Waals surface area contributed by atoms with E-state index in [9.17, 15) is 9.59 Å². The molecule has 0 atom stereocenters. The van der Waals surface area contributed by atoms with Crippen molar-refractivity contribution >= 4 is 17.4 Å². The molecule has 0 radical (unpaired) electrons. The average molecular weight is 297 g/mol. The van der Waals surface area contributed by atoms with Crippen LogP contribution >= 0.6 is 0 Å². The van der Waals surface area contributed by atoms with Crippen LogP contribution in [0.2, 0.25) is 0 Å². The average Bonchev–Trinajstić information content (AvgIpc) is 2.54. The Morgan fingerprint density at radius 3 is 2.77 bits per heavy atom. The van der Waals surface area contributed by atoms with Crippen molar-refractivity contribution in [3.63, 3.8) is 0 Å². The monoisotopic (exact) mass is 297 g/mol. The zero-order chi connectivity index (χ0) is 15.5. The summed E-state index contributed by atoms with van der Waals surface area (Å²) in [5.74, 6) is 0.370. The maximum Gasteiger partial charge on any atom is 0.262 e. The maximum atomic E-state index is 12.4. The van der Waals surface area contributed by atoms with Crippen LogP contribution in [-0.2, 0) is 17.8 Å². The summed E-state index contributed by atoms with van der Waals surface area (Å²) in [7, 11) is 0. The molecule has 0 saturated carbocycles. The van der Waals surface area contributed by atoms with E-state index in [1.54, 1.807) is 18.2 Å². The molecule has 22 heavy (non-hydrogen) atoms. The molecule has 1 aliphatic heterocycles. The number of carbonyl (C=O) groups excluding carboxylic acids is 2. The highest BCUT2D eigenvalue weighted by Gasteiger charge is 2.19. The van der Waals surface area contributed by atoms with E-state index >= 15 is 0 Å². The Labute approximate surface area is 128 Å². The van der Waals surface area contributed by atoms with Gasteiger partial charge < -0.3 is 10.1 Å². The zero-order valence-corrected chi connectivity index (χ0v) is 12.3. The van der Waals surface area contributed by atoms with Crippen molar-refractivity contribution in [2.24, 2.45) is 0 Å². The van der Waals surface area contributed by atoms with E-state index < -0.39 is 0 Å². The Balaban J connectivity index is 1.77. The highest BCUT2D eigenvalue weighted by molar-refractivity contribution is 6.00. The van der Waals surface area contributed by atoms with Crippen molar-refractivity contribution in [3.05, 3.63) is 53.9 Å². The molecular formula is C17H17N2O3+. The molecule has 5 heteroatoms. The molecule has 0 aliphatic carbocycles. The number of Topliss-reactive ketones (excluding diaryl/α,β-unsaturated/α-hetero) is 1. The van der Waals surface area contributed by atoms with E-state index in [0.29, 0.717) is 17.0 Å². The molecule has 0 unspecified atom stereocenters. The summed E-state index contributed by atoms with van der Waals surface area (Å²) in [4.78, 5) is 23.7. The third-order valence-electron chi connectivity index (χ3n) is 3.63. The number of ether oxygens (including phenoxy) is 1. The molecule has 112 valence electrons. The molecular weight excluding hydrogens is 280 g/mol. The number of amides is 1. The largest absolute Gasteiger partial charge is 0.482 e. The van der Waals surface area contributed by atoms with Crippen molar-refractivity contribution in [1.29, 1.82) is 0 Å². The minimum atomic E-state index is -0.207. The first kappa shape index (κ1) is 14.3. The lowest BCUT2D eigenvalue weighted by atomic mass is 10.1. The van der Waals surface area contributed by atoms with Crippen LogP contribution in [0.3, 0.4) is 0 Å². The van der Waals surface area contributed by atoms with E-state index in [1.165, 1.54) is 5.56 Å². The lowest BCUT2D eigenvalue weighted by Crippen LogP contribution is -2.37. The summed E-state index contributed by atoms with van der Waals surface area (Å²) < 4.78 is 7.13. The van der Waals surface area contributed by atoms with Crippen LogP contribution in [0.15, 0.2) is 42.7 Å². The fraction of sp³-hybridized carbons (Fsp3) is 0.235. The van der Waals surface area contributed by atoms with Crippen LogP contribution in [0.1, 0.15) is 22.8 Å². The highest BCUT2D eigenvalue weighted by Crippen LogP contribution is 2.28. The second-order valence-corrected chi connectivity index (χ2v) is 5.20. The van der Waals surface area contributed by atoms with E-state index in [-0.39, 0.29) is 24.8 Å². The Bertz CT molecular complexity index is 723. The van der Waals surface area contributed by atoms with Gasteiger partial charge in [-0.3, -0.25) is 9.59 Å². The summed E-state index contributed by atoms with van der Waals surface area (Å²) in [5.41, 5.74) is 2.34. The van der Waals surface area contributed by atoms with Gasteiger partial charge in [-0.05, 0) is 30.2 Å². The van der Waals surface area contributed by atoms with Gasteiger partial charge in [0, 0.05) is 17.7 Å². The number of nitrogens with one attached hydrogen (secondary N) is 1. The van der Waals surface area contributed by atoms with Crippen LogP contribution < -0.4 is 14.6 Å². The number of benzene rings is 1. The van der Waals surface area contributed by atoms with Gasteiger partial charge in [-0.15, -0.1) is 0 Å². The van der Waals surface area contributed by atoms with Crippen molar-refractivity contribution in [1.82, 2.24) is 0 Å². The van der Waals surface area contributed by atoms with Gasteiger partial charge >= 0.3 is 0 Å². The van der Waals surface area contributed by atoms with Gasteiger partial charge in [0.15, 0.2) is 19.0 Å². The maximum absolute atomic E-state index is 12.4. The van der Waals surface area contributed by atoms with Crippen LogP contribution in [0.4, 0.5) is 5.69 Å². The first-order chi connectivity index (χ1) is 10.7. The highest BCUT2D eigenvalue weighted by atomic mass is 16.5. The number of fused-ring (bicyclic) bond motifs is 1. The summed E-state index contributed by atoms with van der Waals surface area (Å²) >= 11 is 0. The molecule has 2 heterocycles. The Hall–Kier alpha value is -2.69. The van der Waals surface area contributed by atoms with Crippen LogP contribution in [-0.4, -0.2) is 18.3 Å². The molecule has 0 fully saturated rings. The van der Waals surface area contributed by atoms with Crippen molar-refractivity contribution in [2.75, 3.05) is 11.9 Å². The third-order valence-corrected chi connectivity index (χ3v) is 3.63. The van der Waals surface area contributed by atoms with Gasteiger partial charge in [0.05, 0.1) is 5.69 Å². The van der Waals surface area contributed by atoms with Gasteiger partial charge in [0.2, 0.25) is 12.3 Å². The van der Waals surface area contributed by atoms with Gasteiger partial charge in [-0.1, -0.05) is 6.92 Å². The number of pyridine rings is 1. The number of carbonyl (C=O) groups is 2. The zero-order valence-electron chi connectivity index (χ0n) is 12.3. The smallest absolute Gasteiger partial charge is 0.262 e. The van der Waals surface area contributed by atoms with E-state index in [2.05, 4.69) is 12.2 Å². The number of hydrogen-bond acceptors (Lipinski definition) is 3. The second-order valence-electron chi connectivity index (χ2n) is 5.20. The van der Waals surface area contributed by atoms with E-state index in [4.69, 9.17) is 4.74 Å². The standard InChI is InChI=1S/C17H16N2O3/c1-2-12-5-7-19(8-6-12)10-15(20)13-3-4-16-14(9-13)18-17(21)11-22-16/h3-9H,2,10-11H2,1H3/p+1. The number of aromatic nitrogens is 1. The predicted molar refractivity (Wildman–Crippen MR) is 80.9 cm³/mol. The molecule has 2 aromatic rings. The molecule has 1 aliphatic rings. The van der Waals surface area contributed by atoms with Crippen LogP contribution in [0, 0.1) is 0 Å². The van der Waals surface area contributed by atoms with Crippen LogP contribution in [0.25, 0.3) is 0 Å². The molecule has 5 nitrogen and oxygen atoms in total. The molecule has 1 amide bonds. The molecule has 1 aromatic carbocycles. The summed E-state index contributed by atoms with van der Waals surface area (Å²) in [6.45, 7) is 2.37. The van der Waals surface area contributed by atoms with E-state index in [0.717, 1.165) is 6.42 Å². The minimum absolute atomic E-state index is 0.0138.